The predicted octanol–water partition coefficient (Wildman–Crippen LogP) is 0.333. The van der Waals surface area contributed by atoms with Crippen molar-refractivity contribution in [2.24, 2.45) is 0 Å². The van der Waals surface area contributed by atoms with Gasteiger partial charge >= 0.3 is 6.09 Å². The molecule has 0 aromatic rings. The van der Waals surface area contributed by atoms with E-state index in [1.165, 1.54) is 12.0 Å². The number of aliphatic hydroxyl groups is 1. The summed E-state index contributed by atoms with van der Waals surface area (Å²) in [7, 11) is 1.33. The number of amides is 1. The molecule has 0 fully saturated rings. The summed E-state index contributed by atoms with van der Waals surface area (Å²) in [5.41, 5.74) is 0. The molecule has 1 unspecified atom stereocenters. The molecule has 0 aliphatic carbocycles. The van der Waals surface area contributed by atoms with Gasteiger partial charge in [-0.2, -0.15) is 0 Å². The van der Waals surface area contributed by atoms with E-state index >= 15 is 0 Å². The fourth-order valence-corrected chi connectivity index (χ4v) is 0.915. The maximum absolute atomic E-state index is 10.8. The Kier molecular flexibility index (Phi) is 2.48. The first kappa shape index (κ1) is 8.07. The quantitative estimate of drug-likeness (QED) is 0.551. The molecule has 11 heavy (non-hydrogen) atoms. The molecule has 0 spiro atoms. The number of hydrogen-bond acceptors (Lipinski definition) is 3. The van der Waals surface area contributed by atoms with Crippen LogP contribution in [0.2, 0.25) is 0 Å². The highest BCUT2D eigenvalue weighted by Crippen LogP contribution is 2.07. The SMILES string of the molecule is COC(=O)N1C=CC(O)CC1. The maximum Gasteiger partial charge on any atom is 0.413 e. The van der Waals surface area contributed by atoms with Gasteiger partial charge in [-0.15, -0.1) is 0 Å². The number of nitrogens with zero attached hydrogens (tertiary/aromatic N) is 1. The largest absolute Gasteiger partial charge is 0.452 e. The van der Waals surface area contributed by atoms with Crippen molar-refractivity contribution in [1.29, 1.82) is 0 Å². The molecule has 1 N–H and O–H groups in total. The first-order chi connectivity index (χ1) is 5.24. The van der Waals surface area contributed by atoms with Crippen molar-refractivity contribution in [3.63, 3.8) is 0 Å². The van der Waals surface area contributed by atoms with Crippen LogP contribution in [0, 0.1) is 0 Å². The third kappa shape index (κ3) is 1.94. The Hall–Kier alpha value is -1.03. The molecule has 1 aliphatic rings. The molecule has 1 rings (SSSR count). The number of aliphatic hydroxyl groups excluding tert-OH is 1. The molecule has 0 aromatic carbocycles. The summed E-state index contributed by atoms with van der Waals surface area (Å²) in [6.45, 7) is 0.518. The molecular formula is C7H11NO3. The molecule has 1 amide bonds. The molecule has 0 bridgehead atoms. The van der Waals surface area contributed by atoms with Gasteiger partial charge in [0.15, 0.2) is 0 Å². The Morgan fingerprint density at radius 1 is 1.82 bits per heavy atom. The summed E-state index contributed by atoms with van der Waals surface area (Å²) in [6, 6.07) is 0. The fourth-order valence-electron chi connectivity index (χ4n) is 0.915. The van der Waals surface area contributed by atoms with Crippen LogP contribution >= 0.6 is 0 Å². The van der Waals surface area contributed by atoms with Gasteiger partial charge in [0.25, 0.3) is 0 Å². The highest BCUT2D eigenvalue weighted by molar-refractivity contribution is 5.68. The van der Waals surface area contributed by atoms with Crippen LogP contribution < -0.4 is 0 Å². The van der Waals surface area contributed by atoms with Crippen LogP contribution in [-0.4, -0.2) is 35.9 Å². The zero-order valence-corrected chi connectivity index (χ0v) is 6.36. The van der Waals surface area contributed by atoms with Gasteiger partial charge in [0.1, 0.15) is 0 Å². The highest BCUT2D eigenvalue weighted by atomic mass is 16.5. The second-order valence-corrected chi connectivity index (χ2v) is 2.36. The van der Waals surface area contributed by atoms with Gasteiger partial charge in [0.05, 0.1) is 13.2 Å². The van der Waals surface area contributed by atoms with Crippen molar-refractivity contribution in [3.05, 3.63) is 12.3 Å². The molecule has 0 aromatic heterocycles. The van der Waals surface area contributed by atoms with Crippen molar-refractivity contribution >= 4 is 6.09 Å². The van der Waals surface area contributed by atoms with E-state index in [4.69, 9.17) is 5.11 Å². The van der Waals surface area contributed by atoms with E-state index in [0.717, 1.165) is 0 Å². The number of hydrogen-bond donors (Lipinski definition) is 1. The molecule has 4 nitrogen and oxygen atoms in total. The van der Waals surface area contributed by atoms with E-state index in [0.29, 0.717) is 13.0 Å². The van der Waals surface area contributed by atoms with E-state index in [-0.39, 0.29) is 6.09 Å². The molecule has 0 radical (unpaired) electrons. The van der Waals surface area contributed by atoms with Crippen molar-refractivity contribution in [2.75, 3.05) is 13.7 Å². The zero-order valence-electron chi connectivity index (χ0n) is 6.36. The molecule has 4 heteroatoms. The van der Waals surface area contributed by atoms with Crippen LogP contribution in [0.15, 0.2) is 12.3 Å². The summed E-state index contributed by atoms with van der Waals surface area (Å²) >= 11 is 0. The van der Waals surface area contributed by atoms with Gasteiger partial charge in [-0.3, -0.25) is 4.90 Å². The van der Waals surface area contributed by atoms with Gasteiger partial charge in [0, 0.05) is 12.7 Å². The zero-order chi connectivity index (χ0) is 8.27. The van der Waals surface area contributed by atoms with Crippen molar-refractivity contribution in [1.82, 2.24) is 4.90 Å². The van der Waals surface area contributed by atoms with Gasteiger partial charge in [-0.1, -0.05) is 0 Å². The molecule has 0 saturated heterocycles. The van der Waals surface area contributed by atoms with Crippen molar-refractivity contribution < 1.29 is 14.6 Å². The lowest BCUT2D eigenvalue weighted by atomic mass is 10.2. The van der Waals surface area contributed by atoms with E-state index in [9.17, 15) is 4.79 Å². The lowest BCUT2D eigenvalue weighted by Gasteiger charge is -2.21. The van der Waals surface area contributed by atoms with E-state index in [1.807, 2.05) is 0 Å². The number of methoxy groups -OCH3 is 1. The molecule has 1 heterocycles. The average Bonchev–Trinajstić information content (AvgIpc) is 2.05. The molecule has 0 saturated carbocycles. The lowest BCUT2D eigenvalue weighted by molar-refractivity contribution is 0.125. The summed E-state index contributed by atoms with van der Waals surface area (Å²) in [6.07, 6.45) is 2.88. The normalized spacial score (nSPS) is 23.5. The van der Waals surface area contributed by atoms with Gasteiger partial charge in [-0.25, -0.2) is 4.79 Å². The van der Waals surface area contributed by atoms with Crippen LogP contribution in [0.1, 0.15) is 6.42 Å². The van der Waals surface area contributed by atoms with Crippen molar-refractivity contribution in [2.45, 2.75) is 12.5 Å². The second kappa shape index (κ2) is 3.39. The van der Waals surface area contributed by atoms with Gasteiger partial charge in [-0.05, 0) is 12.5 Å². The van der Waals surface area contributed by atoms with Crippen LogP contribution in [0.3, 0.4) is 0 Å². The fraction of sp³-hybridized carbons (Fsp3) is 0.571. The molecule has 1 atom stereocenters. The third-order valence-corrected chi connectivity index (χ3v) is 1.56. The summed E-state index contributed by atoms with van der Waals surface area (Å²) in [5, 5.41) is 9.02. The van der Waals surface area contributed by atoms with Crippen molar-refractivity contribution in [3.8, 4) is 0 Å². The summed E-state index contributed by atoms with van der Waals surface area (Å²) in [4.78, 5) is 12.3. The van der Waals surface area contributed by atoms with Crippen LogP contribution in [0.25, 0.3) is 0 Å². The highest BCUT2D eigenvalue weighted by Gasteiger charge is 2.15. The van der Waals surface area contributed by atoms with Crippen LogP contribution in [0.4, 0.5) is 4.79 Å². The monoisotopic (exact) mass is 157 g/mol. The van der Waals surface area contributed by atoms with Gasteiger partial charge in [0.2, 0.25) is 0 Å². The third-order valence-electron chi connectivity index (χ3n) is 1.56. The minimum Gasteiger partial charge on any atom is -0.452 e. The first-order valence-electron chi connectivity index (χ1n) is 3.45. The Morgan fingerprint density at radius 3 is 3.00 bits per heavy atom. The summed E-state index contributed by atoms with van der Waals surface area (Å²) in [5.74, 6) is 0. The van der Waals surface area contributed by atoms with E-state index < -0.39 is 6.10 Å². The standard InChI is InChI=1S/C7H11NO3/c1-11-7(10)8-4-2-6(9)3-5-8/h2,4,6,9H,3,5H2,1H3. The maximum atomic E-state index is 10.8. The topological polar surface area (TPSA) is 49.8 Å². The Labute approximate surface area is 65.1 Å². The van der Waals surface area contributed by atoms with E-state index in [1.54, 1.807) is 12.3 Å². The van der Waals surface area contributed by atoms with E-state index in [2.05, 4.69) is 4.74 Å². The Balaban J connectivity index is 2.50. The minimum absolute atomic E-state index is 0.381. The lowest BCUT2D eigenvalue weighted by Crippen LogP contribution is -2.31. The second-order valence-electron chi connectivity index (χ2n) is 2.36. The molecule has 62 valence electrons. The molecular weight excluding hydrogens is 146 g/mol. The van der Waals surface area contributed by atoms with Crippen LogP contribution in [0.5, 0.6) is 0 Å². The average molecular weight is 157 g/mol. The van der Waals surface area contributed by atoms with Gasteiger partial charge < -0.3 is 9.84 Å². The summed E-state index contributed by atoms with van der Waals surface area (Å²) < 4.78 is 4.48. The predicted molar refractivity (Wildman–Crippen MR) is 38.9 cm³/mol. The van der Waals surface area contributed by atoms with Crippen LogP contribution in [-0.2, 0) is 4.74 Å². The minimum atomic E-state index is -0.420. The number of rotatable bonds is 0. The molecule has 1 aliphatic heterocycles. The Morgan fingerprint density at radius 2 is 2.55 bits per heavy atom. The number of ether oxygens (including phenoxy) is 1. The smallest absolute Gasteiger partial charge is 0.413 e. The number of carbonyl (C=O) groups excluding carboxylic acids is 1. The Bertz CT molecular complexity index is 179. The number of carbonyl (C=O) groups is 1. The first-order valence-corrected chi connectivity index (χ1v) is 3.45.